The van der Waals surface area contributed by atoms with E-state index in [1.165, 1.54) is 11.4 Å². The molecular weight excluding hydrogens is 222 g/mol. The van der Waals surface area contributed by atoms with E-state index in [-0.39, 0.29) is 12.5 Å². The van der Waals surface area contributed by atoms with Crippen LogP contribution in [-0.4, -0.2) is 63.4 Å². The lowest BCUT2D eigenvalue weighted by Gasteiger charge is -2.31. The third-order valence-electron chi connectivity index (χ3n) is 2.27. The molecule has 1 rings (SSSR count). The first-order valence-corrected chi connectivity index (χ1v) is 6.01. The first-order valence-electron chi connectivity index (χ1n) is 4.50. The Morgan fingerprint density at radius 3 is 2.27 bits per heavy atom. The largest absolute Gasteiger partial charge is 0.468 e. The van der Waals surface area contributed by atoms with Gasteiger partial charge in [-0.05, 0) is 0 Å². The van der Waals surface area contributed by atoms with Crippen molar-refractivity contribution in [2.45, 2.75) is 0 Å². The van der Waals surface area contributed by atoms with Crippen molar-refractivity contribution in [2.75, 3.05) is 39.8 Å². The second-order valence-corrected chi connectivity index (χ2v) is 4.84. The number of piperazine rings is 1. The van der Waals surface area contributed by atoms with Crippen molar-refractivity contribution < 1.29 is 17.9 Å². The van der Waals surface area contributed by atoms with Crippen LogP contribution in [-0.2, 0) is 19.7 Å². The fourth-order valence-corrected chi connectivity index (χ4v) is 2.06. The predicted molar refractivity (Wildman–Crippen MR) is 53.1 cm³/mol. The fourth-order valence-electron chi connectivity index (χ4n) is 1.39. The van der Waals surface area contributed by atoms with Gasteiger partial charge in [-0.15, -0.1) is 0 Å². The highest BCUT2D eigenvalue weighted by Crippen LogP contribution is 2.03. The summed E-state index contributed by atoms with van der Waals surface area (Å²) in [5, 5.41) is 4.97. The molecule has 0 spiro atoms. The fraction of sp³-hybridized carbons (Fsp3) is 0.857. The maximum absolute atomic E-state index is 11.0. The van der Waals surface area contributed by atoms with Crippen LogP contribution in [0.15, 0.2) is 0 Å². The molecule has 0 aromatic rings. The Labute approximate surface area is 89.0 Å². The summed E-state index contributed by atoms with van der Waals surface area (Å²) in [5.41, 5.74) is 0. The Bertz CT molecular complexity index is 321. The Balaban J connectivity index is 2.40. The third-order valence-corrected chi connectivity index (χ3v) is 3.36. The summed E-state index contributed by atoms with van der Waals surface area (Å²) in [6.07, 6.45) is 0. The normalized spacial score (nSPS) is 20.1. The number of methoxy groups -OCH3 is 1. The summed E-state index contributed by atoms with van der Waals surface area (Å²) >= 11 is 0. The van der Waals surface area contributed by atoms with Crippen molar-refractivity contribution in [3.05, 3.63) is 0 Å². The van der Waals surface area contributed by atoms with Gasteiger partial charge < -0.3 is 4.74 Å². The number of nitrogens with zero attached hydrogens (tertiary/aromatic N) is 2. The molecule has 1 saturated heterocycles. The lowest BCUT2D eigenvalue weighted by Crippen LogP contribution is -2.51. The van der Waals surface area contributed by atoms with E-state index in [1.807, 2.05) is 4.90 Å². The maximum atomic E-state index is 11.0. The van der Waals surface area contributed by atoms with E-state index < -0.39 is 10.2 Å². The zero-order valence-electron chi connectivity index (χ0n) is 8.55. The highest BCUT2D eigenvalue weighted by Gasteiger charge is 2.24. The standard InChI is InChI=1S/C7H15N3O4S/c1-14-7(11)6-9-2-4-10(5-3-9)15(8,12)13/h2-6H2,1H3,(H2,8,12,13). The molecule has 0 radical (unpaired) electrons. The SMILES string of the molecule is COC(=O)CN1CCN(S(N)(=O)=O)CC1. The number of hydrogen-bond donors (Lipinski definition) is 1. The summed E-state index contributed by atoms with van der Waals surface area (Å²) in [7, 11) is -2.27. The van der Waals surface area contributed by atoms with Gasteiger partial charge in [-0.1, -0.05) is 0 Å². The number of hydrogen-bond acceptors (Lipinski definition) is 5. The maximum Gasteiger partial charge on any atom is 0.319 e. The van der Waals surface area contributed by atoms with Gasteiger partial charge in [0.1, 0.15) is 0 Å². The molecule has 0 atom stereocenters. The molecule has 0 saturated carbocycles. The molecule has 8 heteroatoms. The van der Waals surface area contributed by atoms with Crippen molar-refractivity contribution in [1.82, 2.24) is 9.21 Å². The van der Waals surface area contributed by atoms with Gasteiger partial charge in [-0.25, -0.2) is 5.14 Å². The first kappa shape index (κ1) is 12.4. The van der Waals surface area contributed by atoms with Crippen LogP contribution >= 0.6 is 0 Å². The topological polar surface area (TPSA) is 92.9 Å². The molecule has 15 heavy (non-hydrogen) atoms. The lowest BCUT2D eigenvalue weighted by atomic mass is 10.3. The van der Waals surface area contributed by atoms with Crippen LogP contribution in [0.4, 0.5) is 0 Å². The average molecular weight is 237 g/mol. The Morgan fingerprint density at radius 2 is 1.87 bits per heavy atom. The molecule has 0 aliphatic carbocycles. The first-order chi connectivity index (χ1) is 6.93. The second-order valence-electron chi connectivity index (χ2n) is 3.30. The number of ether oxygens (including phenoxy) is 1. The monoisotopic (exact) mass is 237 g/mol. The summed E-state index contributed by atoms with van der Waals surface area (Å²) in [4.78, 5) is 12.8. The van der Waals surface area contributed by atoms with E-state index in [0.717, 1.165) is 0 Å². The minimum atomic E-state index is -3.59. The zero-order chi connectivity index (χ0) is 11.5. The van der Waals surface area contributed by atoms with E-state index in [1.54, 1.807) is 0 Å². The molecule has 7 nitrogen and oxygen atoms in total. The number of esters is 1. The molecule has 1 aliphatic heterocycles. The molecule has 88 valence electrons. The van der Waals surface area contributed by atoms with Crippen molar-refractivity contribution in [3.8, 4) is 0 Å². The van der Waals surface area contributed by atoms with E-state index in [2.05, 4.69) is 4.74 Å². The minimum absolute atomic E-state index is 0.189. The molecule has 0 aromatic heterocycles. The average Bonchev–Trinajstić information content (AvgIpc) is 2.17. The molecule has 0 amide bonds. The minimum Gasteiger partial charge on any atom is -0.468 e. The molecule has 2 N–H and O–H groups in total. The number of carbonyl (C=O) groups excluding carboxylic acids is 1. The third kappa shape index (κ3) is 3.74. The Morgan fingerprint density at radius 1 is 1.33 bits per heavy atom. The van der Waals surface area contributed by atoms with Gasteiger partial charge in [-0.2, -0.15) is 12.7 Å². The second kappa shape index (κ2) is 4.88. The van der Waals surface area contributed by atoms with Crippen LogP contribution in [0.3, 0.4) is 0 Å². The summed E-state index contributed by atoms with van der Waals surface area (Å²) in [6.45, 7) is 1.80. The van der Waals surface area contributed by atoms with Gasteiger partial charge in [0.2, 0.25) is 0 Å². The summed E-state index contributed by atoms with van der Waals surface area (Å²) in [5.74, 6) is -0.320. The smallest absolute Gasteiger partial charge is 0.319 e. The van der Waals surface area contributed by atoms with E-state index >= 15 is 0 Å². The van der Waals surface area contributed by atoms with Gasteiger partial charge in [0.25, 0.3) is 10.2 Å². The van der Waals surface area contributed by atoms with Gasteiger partial charge >= 0.3 is 5.97 Å². The van der Waals surface area contributed by atoms with E-state index in [9.17, 15) is 13.2 Å². The highest BCUT2D eigenvalue weighted by atomic mass is 32.2. The quantitative estimate of drug-likeness (QED) is 0.572. The van der Waals surface area contributed by atoms with Gasteiger partial charge in [0.05, 0.1) is 13.7 Å². The summed E-state index contributed by atoms with van der Waals surface area (Å²) in [6, 6.07) is 0. The number of carbonyl (C=O) groups is 1. The van der Waals surface area contributed by atoms with Crippen LogP contribution in [0.2, 0.25) is 0 Å². The molecule has 0 unspecified atom stereocenters. The van der Waals surface area contributed by atoms with Crippen molar-refractivity contribution in [1.29, 1.82) is 0 Å². The molecular formula is C7H15N3O4S. The van der Waals surface area contributed by atoms with Crippen LogP contribution in [0.1, 0.15) is 0 Å². The summed E-state index contributed by atoms with van der Waals surface area (Å²) < 4.78 is 27.6. The highest BCUT2D eigenvalue weighted by molar-refractivity contribution is 7.86. The van der Waals surface area contributed by atoms with Crippen molar-refractivity contribution in [2.24, 2.45) is 5.14 Å². The van der Waals surface area contributed by atoms with Crippen LogP contribution in [0.25, 0.3) is 0 Å². The van der Waals surface area contributed by atoms with E-state index in [4.69, 9.17) is 5.14 Å². The van der Waals surface area contributed by atoms with Gasteiger partial charge in [0, 0.05) is 26.2 Å². The number of nitrogens with two attached hydrogens (primary N) is 1. The lowest BCUT2D eigenvalue weighted by molar-refractivity contribution is -0.142. The molecule has 0 bridgehead atoms. The Kier molecular flexibility index (Phi) is 4.03. The van der Waals surface area contributed by atoms with Crippen LogP contribution in [0.5, 0.6) is 0 Å². The van der Waals surface area contributed by atoms with Crippen LogP contribution in [0, 0.1) is 0 Å². The molecule has 1 aliphatic rings. The van der Waals surface area contributed by atoms with Crippen molar-refractivity contribution in [3.63, 3.8) is 0 Å². The predicted octanol–water partition coefficient (Wildman–Crippen LogP) is -2.02. The van der Waals surface area contributed by atoms with Gasteiger partial charge in [-0.3, -0.25) is 9.69 Å². The zero-order valence-corrected chi connectivity index (χ0v) is 9.37. The van der Waals surface area contributed by atoms with Crippen molar-refractivity contribution >= 4 is 16.2 Å². The molecule has 0 aromatic carbocycles. The van der Waals surface area contributed by atoms with Crippen LogP contribution < -0.4 is 5.14 Å². The number of rotatable bonds is 3. The van der Waals surface area contributed by atoms with Gasteiger partial charge in [0.15, 0.2) is 0 Å². The molecule has 1 fully saturated rings. The molecule has 1 heterocycles. The van der Waals surface area contributed by atoms with E-state index in [0.29, 0.717) is 26.2 Å². The Hall–Kier alpha value is -0.700.